The van der Waals surface area contributed by atoms with Crippen LogP contribution in [-0.4, -0.2) is 32.3 Å². The number of ether oxygens (including phenoxy) is 2. The quantitative estimate of drug-likeness (QED) is 0.728. The maximum absolute atomic E-state index is 5.83. The van der Waals surface area contributed by atoms with Crippen LogP contribution in [0, 0.1) is 0 Å². The summed E-state index contributed by atoms with van der Waals surface area (Å²) in [5, 5.41) is 3.36. The summed E-state index contributed by atoms with van der Waals surface area (Å²) >= 11 is 0. The van der Waals surface area contributed by atoms with E-state index in [1.807, 2.05) is 24.3 Å². The minimum atomic E-state index is 0.0998. The van der Waals surface area contributed by atoms with E-state index in [0.29, 0.717) is 6.61 Å². The molecule has 1 aromatic carbocycles. The van der Waals surface area contributed by atoms with Crippen molar-refractivity contribution in [3.63, 3.8) is 0 Å². The maximum atomic E-state index is 5.83. The average Bonchev–Trinajstić information content (AvgIpc) is 2.38. The Labute approximate surface area is 102 Å². The largest absolute Gasteiger partial charge is 0.486 e. The third kappa shape index (κ3) is 3.61. The summed E-state index contributed by atoms with van der Waals surface area (Å²) in [6.07, 6.45) is 2.28. The first-order chi connectivity index (χ1) is 8.40. The number of hydrogen-bond acceptors (Lipinski definition) is 4. The molecule has 1 aliphatic heterocycles. The van der Waals surface area contributed by atoms with E-state index in [4.69, 9.17) is 15.2 Å². The molecule has 1 heterocycles. The molecule has 0 bridgehead atoms. The SMILES string of the molecule is NCCCCNCC1COc2ccccc2O1. The predicted molar refractivity (Wildman–Crippen MR) is 67.5 cm³/mol. The standard InChI is InChI=1S/C13H20N2O2/c14-7-3-4-8-15-9-11-10-16-12-5-1-2-6-13(12)17-11/h1-2,5-6,11,15H,3-4,7-10,14H2. The predicted octanol–water partition coefficient (Wildman–Crippen LogP) is 1.15. The Kier molecular flexibility index (Phi) is 4.64. The molecule has 1 aliphatic rings. The molecule has 3 N–H and O–H groups in total. The molecule has 4 heteroatoms. The van der Waals surface area contributed by atoms with Gasteiger partial charge in [-0.25, -0.2) is 0 Å². The topological polar surface area (TPSA) is 56.5 Å². The zero-order valence-electron chi connectivity index (χ0n) is 10.0. The molecule has 17 heavy (non-hydrogen) atoms. The lowest BCUT2D eigenvalue weighted by atomic mass is 10.2. The normalized spacial score (nSPS) is 18.1. The Bertz CT molecular complexity index is 344. The molecule has 1 aromatic rings. The second kappa shape index (κ2) is 6.47. The Morgan fingerprint density at radius 1 is 1.24 bits per heavy atom. The Balaban J connectivity index is 1.71. The molecule has 2 rings (SSSR count). The highest BCUT2D eigenvalue weighted by molar-refractivity contribution is 5.40. The fraction of sp³-hybridized carbons (Fsp3) is 0.538. The van der Waals surface area contributed by atoms with Crippen molar-refractivity contribution in [1.82, 2.24) is 5.32 Å². The van der Waals surface area contributed by atoms with Crippen LogP contribution < -0.4 is 20.5 Å². The molecule has 0 saturated carbocycles. The van der Waals surface area contributed by atoms with Gasteiger partial charge in [-0.05, 0) is 38.1 Å². The molecule has 0 aromatic heterocycles. The highest BCUT2D eigenvalue weighted by Gasteiger charge is 2.19. The Hall–Kier alpha value is -1.26. The van der Waals surface area contributed by atoms with Gasteiger partial charge in [0.15, 0.2) is 11.5 Å². The maximum Gasteiger partial charge on any atom is 0.161 e. The fourth-order valence-corrected chi connectivity index (χ4v) is 1.82. The minimum absolute atomic E-state index is 0.0998. The first-order valence-electron chi connectivity index (χ1n) is 6.19. The van der Waals surface area contributed by atoms with Gasteiger partial charge in [-0.1, -0.05) is 12.1 Å². The van der Waals surface area contributed by atoms with Gasteiger partial charge in [-0.15, -0.1) is 0 Å². The van der Waals surface area contributed by atoms with E-state index in [2.05, 4.69) is 5.32 Å². The van der Waals surface area contributed by atoms with Crippen LogP contribution >= 0.6 is 0 Å². The molecule has 0 amide bonds. The van der Waals surface area contributed by atoms with Gasteiger partial charge >= 0.3 is 0 Å². The lowest BCUT2D eigenvalue weighted by Crippen LogP contribution is -2.38. The number of hydrogen-bond donors (Lipinski definition) is 2. The summed E-state index contributed by atoms with van der Waals surface area (Å²) in [4.78, 5) is 0. The van der Waals surface area contributed by atoms with Crippen LogP contribution in [-0.2, 0) is 0 Å². The summed E-state index contributed by atoms with van der Waals surface area (Å²) in [5.74, 6) is 1.68. The van der Waals surface area contributed by atoms with Gasteiger partial charge in [0.05, 0.1) is 0 Å². The van der Waals surface area contributed by atoms with Crippen LogP contribution in [0.4, 0.5) is 0 Å². The minimum Gasteiger partial charge on any atom is -0.486 e. The molecule has 0 aliphatic carbocycles. The van der Waals surface area contributed by atoms with Gasteiger partial charge < -0.3 is 20.5 Å². The molecule has 1 atom stereocenters. The van der Waals surface area contributed by atoms with Crippen LogP contribution in [0.3, 0.4) is 0 Å². The van der Waals surface area contributed by atoms with Crippen molar-refractivity contribution in [2.75, 3.05) is 26.2 Å². The van der Waals surface area contributed by atoms with E-state index in [0.717, 1.165) is 44.0 Å². The highest BCUT2D eigenvalue weighted by atomic mass is 16.6. The fourth-order valence-electron chi connectivity index (χ4n) is 1.82. The molecule has 4 nitrogen and oxygen atoms in total. The lowest BCUT2D eigenvalue weighted by molar-refractivity contribution is 0.0905. The van der Waals surface area contributed by atoms with Gasteiger partial charge in [0.1, 0.15) is 12.7 Å². The number of rotatable bonds is 6. The Morgan fingerprint density at radius 2 is 2.06 bits per heavy atom. The summed E-state index contributed by atoms with van der Waals surface area (Å²) < 4.78 is 11.5. The highest BCUT2D eigenvalue weighted by Crippen LogP contribution is 2.30. The molecule has 0 saturated heterocycles. The van der Waals surface area contributed by atoms with Crippen LogP contribution in [0.2, 0.25) is 0 Å². The Morgan fingerprint density at radius 3 is 2.88 bits per heavy atom. The van der Waals surface area contributed by atoms with Crippen LogP contribution in [0.25, 0.3) is 0 Å². The third-order valence-corrected chi connectivity index (χ3v) is 2.75. The molecule has 0 radical (unpaired) electrons. The van der Waals surface area contributed by atoms with Crippen molar-refractivity contribution in [2.45, 2.75) is 18.9 Å². The summed E-state index contributed by atoms with van der Waals surface area (Å²) in [6, 6.07) is 7.78. The van der Waals surface area contributed by atoms with Crippen molar-refractivity contribution in [2.24, 2.45) is 5.73 Å². The second-order valence-corrected chi connectivity index (χ2v) is 4.20. The van der Waals surface area contributed by atoms with E-state index >= 15 is 0 Å². The lowest BCUT2D eigenvalue weighted by Gasteiger charge is -2.26. The van der Waals surface area contributed by atoms with E-state index in [1.165, 1.54) is 0 Å². The van der Waals surface area contributed by atoms with Gasteiger partial charge in [0.2, 0.25) is 0 Å². The molecule has 0 spiro atoms. The number of nitrogens with two attached hydrogens (primary N) is 1. The van der Waals surface area contributed by atoms with E-state index in [9.17, 15) is 0 Å². The van der Waals surface area contributed by atoms with Crippen LogP contribution in [0.5, 0.6) is 11.5 Å². The van der Waals surface area contributed by atoms with Gasteiger partial charge in [0, 0.05) is 6.54 Å². The molecule has 1 unspecified atom stereocenters. The molecule has 94 valence electrons. The molecule has 0 fully saturated rings. The van der Waals surface area contributed by atoms with Crippen molar-refractivity contribution in [1.29, 1.82) is 0 Å². The molecular formula is C13H20N2O2. The third-order valence-electron chi connectivity index (χ3n) is 2.75. The van der Waals surface area contributed by atoms with E-state index in [-0.39, 0.29) is 6.10 Å². The van der Waals surface area contributed by atoms with Gasteiger partial charge in [-0.3, -0.25) is 0 Å². The monoisotopic (exact) mass is 236 g/mol. The van der Waals surface area contributed by atoms with Crippen molar-refractivity contribution in [3.8, 4) is 11.5 Å². The first-order valence-corrected chi connectivity index (χ1v) is 6.19. The van der Waals surface area contributed by atoms with Gasteiger partial charge in [0.25, 0.3) is 0 Å². The van der Waals surface area contributed by atoms with E-state index in [1.54, 1.807) is 0 Å². The zero-order valence-corrected chi connectivity index (χ0v) is 10.0. The number of benzene rings is 1. The number of fused-ring (bicyclic) bond motifs is 1. The molecular weight excluding hydrogens is 216 g/mol. The van der Waals surface area contributed by atoms with Crippen LogP contribution in [0.1, 0.15) is 12.8 Å². The van der Waals surface area contributed by atoms with Crippen molar-refractivity contribution < 1.29 is 9.47 Å². The van der Waals surface area contributed by atoms with Crippen molar-refractivity contribution in [3.05, 3.63) is 24.3 Å². The number of para-hydroxylation sites is 2. The smallest absolute Gasteiger partial charge is 0.161 e. The zero-order chi connectivity index (χ0) is 11.9. The van der Waals surface area contributed by atoms with Crippen molar-refractivity contribution >= 4 is 0 Å². The summed E-state index contributed by atoms with van der Waals surface area (Å²) in [6.45, 7) is 3.18. The van der Waals surface area contributed by atoms with Crippen LogP contribution in [0.15, 0.2) is 24.3 Å². The number of unbranched alkanes of at least 4 members (excludes halogenated alkanes) is 1. The second-order valence-electron chi connectivity index (χ2n) is 4.20. The van der Waals surface area contributed by atoms with Gasteiger partial charge in [-0.2, -0.15) is 0 Å². The average molecular weight is 236 g/mol. The number of nitrogens with one attached hydrogen (secondary N) is 1. The van der Waals surface area contributed by atoms with E-state index < -0.39 is 0 Å². The first kappa shape index (κ1) is 12.2. The summed E-state index contributed by atoms with van der Waals surface area (Å²) in [7, 11) is 0. The summed E-state index contributed by atoms with van der Waals surface area (Å²) in [5.41, 5.74) is 5.43.